The summed E-state index contributed by atoms with van der Waals surface area (Å²) in [6, 6.07) is 9.82. The van der Waals surface area contributed by atoms with Gasteiger partial charge in [0.15, 0.2) is 0 Å². The third-order valence-corrected chi connectivity index (χ3v) is 3.72. The fraction of sp³-hybridized carbons (Fsp3) is 0.200. The lowest BCUT2D eigenvalue weighted by atomic mass is 10.1. The zero-order valence-corrected chi connectivity index (χ0v) is 13.1. The van der Waals surface area contributed by atoms with E-state index in [1.807, 2.05) is 0 Å². The zero-order valence-electron chi connectivity index (χ0n) is 10.7. The Kier molecular flexibility index (Phi) is 5.02. The molecule has 0 spiro atoms. The van der Waals surface area contributed by atoms with E-state index in [0.29, 0.717) is 15.2 Å². The zero-order chi connectivity index (χ0) is 14.7. The van der Waals surface area contributed by atoms with E-state index in [1.54, 1.807) is 37.3 Å². The summed E-state index contributed by atoms with van der Waals surface area (Å²) in [6.45, 7) is 1.95. The second kappa shape index (κ2) is 6.57. The van der Waals surface area contributed by atoms with Gasteiger partial charge in [-0.2, -0.15) is 0 Å². The van der Waals surface area contributed by atoms with Crippen molar-refractivity contribution in [2.24, 2.45) is 0 Å². The molecule has 0 aliphatic heterocycles. The van der Waals surface area contributed by atoms with Gasteiger partial charge in [0.25, 0.3) is 0 Å². The first-order chi connectivity index (χ1) is 9.47. The van der Waals surface area contributed by atoms with Gasteiger partial charge in [-0.05, 0) is 58.2 Å². The van der Waals surface area contributed by atoms with Crippen LogP contribution in [0.4, 0.5) is 4.39 Å². The molecule has 2 nitrogen and oxygen atoms in total. The molecule has 2 aromatic carbocycles. The summed E-state index contributed by atoms with van der Waals surface area (Å²) in [5.74, 6) is 0.213. The van der Waals surface area contributed by atoms with Gasteiger partial charge in [-0.25, -0.2) is 4.39 Å². The van der Waals surface area contributed by atoms with E-state index in [-0.39, 0.29) is 12.4 Å². The minimum absolute atomic E-state index is 0.284. The third kappa shape index (κ3) is 3.72. The highest BCUT2D eigenvalue weighted by Crippen LogP contribution is 2.28. The molecule has 20 heavy (non-hydrogen) atoms. The molecule has 0 bridgehead atoms. The topological polar surface area (TPSA) is 29.5 Å². The minimum atomic E-state index is -0.574. The Bertz CT molecular complexity index is 617. The Hall–Kier alpha value is -1.10. The molecule has 0 saturated carbocycles. The third-order valence-electron chi connectivity index (χ3n) is 2.82. The molecule has 0 fully saturated rings. The summed E-state index contributed by atoms with van der Waals surface area (Å²) >= 11 is 9.22. The van der Waals surface area contributed by atoms with Crippen LogP contribution in [0.5, 0.6) is 5.75 Å². The lowest BCUT2D eigenvalue weighted by Crippen LogP contribution is -1.98. The average Bonchev–Trinajstić information content (AvgIpc) is 2.41. The van der Waals surface area contributed by atoms with E-state index >= 15 is 0 Å². The highest BCUT2D eigenvalue weighted by molar-refractivity contribution is 9.10. The van der Waals surface area contributed by atoms with E-state index in [1.165, 1.54) is 6.07 Å². The molecule has 0 aromatic heterocycles. The number of benzene rings is 2. The van der Waals surface area contributed by atoms with Crippen LogP contribution in [0.15, 0.2) is 40.9 Å². The SMILES string of the molecule is C[C@@H](O)c1ccc(OCc2ccc(F)c(Br)c2)c(Cl)c1. The number of halogens is 3. The molecular formula is C15H13BrClFO2. The number of aliphatic hydroxyl groups excluding tert-OH is 1. The highest BCUT2D eigenvalue weighted by atomic mass is 79.9. The molecule has 0 amide bonds. The predicted octanol–water partition coefficient (Wildman–Crippen LogP) is 4.87. The monoisotopic (exact) mass is 358 g/mol. The van der Waals surface area contributed by atoms with Gasteiger partial charge < -0.3 is 9.84 Å². The van der Waals surface area contributed by atoms with Crippen LogP contribution in [0.3, 0.4) is 0 Å². The van der Waals surface area contributed by atoms with Crippen LogP contribution < -0.4 is 4.74 Å². The van der Waals surface area contributed by atoms with Crippen LogP contribution in [-0.4, -0.2) is 5.11 Å². The maximum Gasteiger partial charge on any atom is 0.138 e. The summed E-state index contributed by atoms with van der Waals surface area (Å²) in [5, 5.41) is 9.90. The quantitative estimate of drug-likeness (QED) is 0.843. The molecule has 1 N–H and O–H groups in total. The van der Waals surface area contributed by atoms with Crippen molar-refractivity contribution in [3.63, 3.8) is 0 Å². The first-order valence-electron chi connectivity index (χ1n) is 6.01. The number of hydrogen-bond acceptors (Lipinski definition) is 2. The van der Waals surface area contributed by atoms with E-state index in [4.69, 9.17) is 16.3 Å². The molecule has 5 heteroatoms. The Balaban J connectivity index is 2.09. The fourth-order valence-electron chi connectivity index (χ4n) is 1.68. The first-order valence-corrected chi connectivity index (χ1v) is 7.18. The molecule has 0 aliphatic rings. The molecule has 2 aromatic rings. The Morgan fingerprint density at radius 2 is 2.05 bits per heavy atom. The lowest BCUT2D eigenvalue weighted by molar-refractivity contribution is 0.199. The summed E-state index contributed by atoms with van der Waals surface area (Å²) in [6.07, 6.45) is -0.574. The maximum absolute atomic E-state index is 13.1. The fourth-order valence-corrected chi connectivity index (χ4v) is 2.35. The Morgan fingerprint density at radius 1 is 1.30 bits per heavy atom. The molecule has 0 aliphatic carbocycles. The van der Waals surface area contributed by atoms with Crippen molar-refractivity contribution in [3.8, 4) is 5.75 Å². The molecule has 0 saturated heterocycles. The summed E-state index contributed by atoms with van der Waals surface area (Å²) < 4.78 is 19.1. The standard InChI is InChI=1S/C15H13BrClFO2/c1-9(19)11-3-5-15(13(17)7-11)20-8-10-2-4-14(18)12(16)6-10/h2-7,9,19H,8H2,1H3/t9-/m1/s1. The highest BCUT2D eigenvalue weighted by Gasteiger charge is 2.07. The van der Waals surface area contributed by atoms with Crippen molar-refractivity contribution in [3.05, 3.63) is 62.8 Å². The van der Waals surface area contributed by atoms with Crippen molar-refractivity contribution in [2.45, 2.75) is 19.6 Å². The average molecular weight is 360 g/mol. The normalized spacial score (nSPS) is 12.2. The van der Waals surface area contributed by atoms with Crippen LogP contribution in [0.25, 0.3) is 0 Å². The first kappa shape index (κ1) is 15.3. The number of hydrogen-bond donors (Lipinski definition) is 1. The van der Waals surface area contributed by atoms with Crippen LogP contribution in [0.2, 0.25) is 5.02 Å². The molecule has 1 atom stereocenters. The van der Waals surface area contributed by atoms with Crippen LogP contribution in [0.1, 0.15) is 24.2 Å². The summed E-state index contributed by atoms with van der Waals surface area (Å²) in [4.78, 5) is 0. The van der Waals surface area contributed by atoms with Gasteiger partial charge in [-0.3, -0.25) is 0 Å². The van der Waals surface area contributed by atoms with Gasteiger partial charge in [0.1, 0.15) is 18.2 Å². The van der Waals surface area contributed by atoms with Crippen molar-refractivity contribution in [2.75, 3.05) is 0 Å². The van der Waals surface area contributed by atoms with E-state index < -0.39 is 6.10 Å². The van der Waals surface area contributed by atoms with Gasteiger partial charge in [0.2, 0.25) is 0 Å². The van der Waals surface area contributed by atoms with Crippen LogP contribution >= 0.6 is 27.5 Å². The summed E-state index contributed by atoms with van der Waals surface area (Å²) in [5.41, 5.74) is 1.56. The second-order valence-corrected chi connectivity index (χ2v) is 5.66. The van der Waals surface area contributed by atoms with Gasteiger partial charge >= 0.3 is 0 Å². The Morgan fingerprint density at radius 3 is 2.65 bits per heavy atom. The van der Waals surface area contributed by atoms with Crippen molar-refractivity contribution < 1.29 is 14.2 Å². The van der Waals surface area contributed by atoms with Gasteiger partial charge in [-0.15, -0.1) is 0 Å². The predicted molar refractivity (Wildman–Crippen MR) is 80.5 cm³/mol. The molecule has 0 heterocycles. The van der Waals surface area contributed by atoms with Gasteiger partial charge in [-0.1, -0.05) is 23.7 Å². The molecule has 106 valence electrons. The number of rotatable bonds is 4. The van der Waals surface area contributed by atoms with Crippen molar-refractivity contribution in [1.29, 1.82) is 0 Å². The Labute approximate surface area is 130 Å². The van der Waals surface area contributed by atoms with Crippen molar-refractivity contribution in [1.82, 2.24) is 0 Å². The van der Waals surface area contributed by atoms with Gasteiger partial charge in [0, 0.05) is 0 Å². The smallest absolute Gasteiger partial charge is 0.138 e. The largest absolute Gasteiger partial charge is 0.487 e. The number of ether oxygens (including phenoxy) is 1. The maximum atomic E-state index is 13.1. The van der Waals surface area contributed by atoms with E-state index in [2.05, 4.69) is 15.9 Å². The molecular weight excluding hydrogens is 347 g/mol. The molecule has 0 unspecified atom stereocenters. The van der Waals surface area contributed by atoms with Crippen molar-refractivity contribution >= 4 is 27.5 Å². The van der Waals surface area contributed by atoms with E-state index in [0.717, 1.165) is 11.1 Å². The van der Waals surface area contributed by atoms with Gasteiger partial charge in [0.05, 0.1) is 15.6 Å². The molecule has 0 radical (unpaired) electrons. The lowest BCUT2D eigenvalue weighted by Gasteiger charge is -2.11. The minimum Gasteiger partial charge on any atom is -0.487 e. The van der Waals surface area contributed by atoms with E-state index in [9.17, 15) is 9.50 Å². The molecule has 2 rings (SSSR count). The van der Waals surface area contributed by atoms with Crippen LogP contribution in [-0.2, 0) is 6.61 Å². The number of aliphatic hydroxyl groups is 1. The van der Waals surface area contributed by atoms with Crippen LogP contribution in [0, 0.1) is 5.82 Å². The second-order valence-electron chi connectivity index (χ2n) is 4.40. The summed E-state index contributed by atoms with van der Waals surface area (Å²) in [7, 11) is 0.